The Hall–Kier alpha value is -3.62. The van der Waals surface area contributed by atoms with Crippen molar-refractivity contribution in [2.24, 2.45) is 0 Å². The Balaban J connectivity index is 1.70. The van der Waals surface area contributed by atoms with Gasteiger partial charge < -0.3 is 9.64 Å². The molecule has 1 amide bonds. The van der Waals surface area contributed by atoms with Gasteiger partial charge in [0.2, 0.25) is 0 Å². The van der Waals surface area contributed by atoms with Gasteiger partial charge in [0.25, 0.3) is 5.91 Å². The summed E-state index contributed by atoms with van der Waals surface area (Å²) >= 11 is 0. The van der Waals surface area contributed by atoms with Crippen LogP contribution in [0.25, 0.3) is 5.69 Å². The lowest BCUT2D eigenvalue weighted by atomic mass is 9.93. The van der Waals surface area contributed by atoms with E-state index in [1.807, 2.05) is 24.3 Å². The number of ether oxygens (including phenoxy) is 1. The molecule has 6 nitrogen and oxygen atoms in total. The van der Waals surface area contributed by atoms with Crippen LogP contribution in [0.15, 0.2) is 54.7 Å². The van der Waals surface area contributed by atoms with Crippen LogP contribution in [0.4, 0.5) is 13.2 Å². The van der Waals surface area contributed by atoms with Gasteiger partial charge in [0, 0.05) is 13.0 Å². The maximum absolute atomic E-state index is 13.4. The molecule has 0 N–H and O–H groups in total. The fraction of sp³-hybridized carbons (Fsp3) is 0.261. The third kappa shape index (κ3) is 3.86. The molecule has 166 valence electrons. The van der Waals surface area contributed by atoms with Crippen molar-refractivity contribution in [2.75, 3.05) is 7.11 Å². The minimum absolute atomic E-state index is 0.185. The maximum Gasteiger partial charge on any atom is 0.416 e. The highest BCUT2D eigenvalue weighted by molar-refractivity contribution is 5.98. The van der Waals surface area contributed by atoms with E-state index in [0.717, 1.165) is 23.3 Å². The number of benzene rings is 2. The zero-order chi connectivity index (χ0) is 23.0. The van der Waals surface area contributed by atoms with Crippen molar-refractivity contribution < 1.29 is 27.5 Å². The first-order valence-corrected chi connectivity index (χ1v) is 9.88. The number of rotatable bonds is 3. The van der Waals surface area contributed by atoms with Crippen molar-refractivity contribution >= 4 is 11.9 Å². The van der Waals surface area contributed by atoms with Crippen LogP contribution in [-0.4, -0.2) is 39.7 Å². The van der Waals surface area contributed by atoms with Gasteiger partial charge in [0.05, 0.1) is 35.8 Å². The first-order chi connectivity index (χ1) is 15.2. The summed E-state index contributed by atoms with van der Waals surface area (Å²) in [5, 5.41) is 4.15. The second-order valence-corrected chi connectivity index (χ2v) is 7.55. The number of fused-ring (bicyclic) bond motifs is 1. The number of alkyl halides is 3. The van der Waals surface area contributed by atoms with Gasteiger partial charge in [-0.25, -0.2) is 9.48 Å². The average molecular weight is 443 g/mol. The van der Waals surface area contributed by atoms with Crippen molar-refractivity contribution in [1.29, 1.82) is 0 Å². The van der Waals surface area contributed by atoms with E-state index < -0.39 is 29.7 Å². The molecule has 0 saturated carbocycles. The number of aromatic nitrogens is 2. The van der Waals surface area contributed by atoms with Crippen LogP contribution in [0.5, 0.6) is 0 Å². The number of methoxy groups -OCH3 is 1. The molecular weight excluding hydrogens is 423 g/mol. The first-order valence-electron chi connectivity index (χ1n) is 9.88. The Bertz CT molecular complexity index is 1190. The second kappa shape index (κ2) is 8.14. The molecule has 0 fully saturated rings. The van der Waals surface area contributed by atoms with Crippen LogP contribution >= 0.6 is 0 Å². The summed E-state index contributed by atoms with van der Waals surface area (Å²) in [4.78, 5) is 27.3. The molecule has 1 aliphatic rings. The summed E-state index contributed by atoms with van der Waals surface area (Å²) in [5.41, 5.74) is 1.83. The zero-order valence-electron chi connectivity index (χ0n) is 17.4. The fourth-order valence-electron chi connectivity index (χ4n) is 3.93. The molecule has 2 heterocycles. The lowest BCUT2D eigenvalue weighted by molar-refractivity contribution is -0.146. The van der Waals surface area contributed by atoms with E-state index in [-0.39, 0.29) is 17.8 Å². The Morgan fingerprint density at radius 3 is 2.50 bits per heavy atom. The molecule has 1 aromatic heterocycles. The summed E-state index contributed by atoms with van der Waals surface area (Å²) in [6, 6.07) is 11.4. The smallest absolute Gasteiger partial charge is 0.416 e. The highest BCUT2D eigenvalue weighted by atomic mass is 19.4. The van der Waals surface area contributed by atoms with Gasteiger partial charge in [-0.3, -0.25) is 4.79 Å². The highest BCUT2D eigenvalue weighted by Crippen LogP contribution is 2.31. The third-order valence-corrected chi connectivity index (χ3v) is 5.64. The number of hydrogen-bond acceptors (Lipinski definition) is 4. The van der Waals surface area contributed by atoms with Crippen molar-refractivity contribution in [2.45, 2.75) is 32.1 Å². The van der Waals surface area contributed by atoms with Crippen LogP contribution in [0.3, 0.4) is 0 Å². The van der Waals surface area contributed by atoms with Crippen molar-refractivity contribution in [3.05, 3.63) is 82.7 Å². The standard InChI is InChI=1S/C23H20F3N3O3/c1-14-19(12-27-29(14)18-9-5-8-17(11-18)23(24,25)26)21(30)28-13-16-7-4-3-6-15(16)10-20(28)22(31)32-2/h3-9,11-12,20H,10,13H2,1-2H3. The summed E-state index contributed by atoms with van der Waals surface area (Å²) < 4.78 is 45.5. The number of amides is 1. The van der Waals surface area contributed by atoms with Crippen LogP contribution in [0.2, 0.25) is 0 Å². The minimum atomic E-state index is -4.50. The summed E-state index contributed by atoms with van der Waals surface area (Å²) in [6.45, 7) is 1.81. The molecule has 9 heteroatoms. The van der Waals surface area contributed by atoms with Crippen LogP contribution in [0.1, 0.15) is 32.7 Å². The van der Waals surface area contributed by atoms with Crippen LogP contribution < -0.4 is 0 Å². The fourth-order valence-corrected chi connectivity index (χ4v) is 3.93. The predicted molar refractivity (Wildman–Crippen MR) is 109 cm³/mol. The van der Waals surface area contributed by atoms with E-state index in [2.05, 4.69) is 5.10 Å². The van der Waals surface area contributed by atoms with Gasteiger partial charge in [-0.05, 0) is 36.2 Å². The van der Waals surface area contributed by atoms with Gasteiger partial charge in [0.15, 0.2) is 0 Å². The molecular formula is C23H20F3N3O3. The van der Waals surface area contributed by atoms with E-state index in [0.29, 0.717) is 12.1 Å². The van der Waals surface area contributed by atoms with Crippen molar-refractivity contribution in [3.63, 3.8) is 0 Å². The number of halogens is 3. The van der Waals surface area contributed by atoms with E-state index >= 15 is 0 Å². The van der Waals surface area contributed by atoms with Gasteiger partial charge in [-0.2, -0.15) is 18.3 Å². The molecule has 0 saturated heterocycles. The van der Waals surface area contributed by atoms with E-state index in [1.165, 1.54) is 35.0 Å². The lowest BCUT2D eigenvalue weighted by Gasteiger charge is -2.35. The maximum atomic E-state index is 13.4. The molecule has 1 atom stereocenters. The summed E-state index contributed by atoms with van der Waals surface area (Å²) in [7, 11) is 1.27. The molecule has 0 radical (unpaired) electrons. The Morgan fingerprint density at radius 2 is 1.81 bits per heavy atom. The predicted octanol–water partition coefficient (Wildman–Crippen LogP) is 3.94. The first kappa shape index (κ1) is 21.6. The molecule has 32 heavy (non-hydrogen) atoms. The Morgan fingerprint density at radius 1 is 1.09 bits per heavy atom. The van der Waals surface area contributed by atoms with E-state index in [4.69, 9.17) is 4.74 Å². The number of carbonyl (C=O) groups excluding carboxylic acids is 2. The summed E-state index contributed by atoms with van der Waals surface area (Å²) in [6.07, 6.45) is -2.87. The Labute approximate surface area is 182 Å². The quantitative estimate of drug-likeness (QED) is 0.576. The topological polar surface area (TPSA) is 64.4 Å². The van der Waals surface area contributed by atoms with Crippen LogP contribution in [0, 0.1) is 6.92 Å². The molecule has 1 aliphatic heterocycles. The molecule has 0 aliphatic carbocycles. The van der Waals surface area contributed by atoms with Gasteiger partial charge >= 0.3 is 12.1 Å². The lowest BCUT2D eigenvalue weighted by Crippen LogP contribution is -2.49. The SMILES string of the molecule is COC(=O)C1Cc2ccccc2CN1C(=O)c1cnn(-c2cccc(C(F)(F)F)c2)c1C. The number of esters is 1. The molecule has 2 aromatic carbocycles. The summed E-state index contributed by atoms with van der Waals surface area (Å²) in [5.74, 6) is -0.971. The number of hydrogen-bond donors (Lipinski definition) is 0. The molecule has 0 bridgehead atoms. The molecule has 0 spiro atoms. The van der Waals surface area contributed by atoms with E-state index in [1.54, 1.807) is 6.92 Å². The van der Waals surface area contributed by atoms with Crippen LogP contribution in [-0.2, 0) is 28.7 Å². The number of carbonyl (C=O) groups is 2. The average Bonchev–Trinajstić information content (AvgIpc) is 3.17. The van der Waals surface area contributed by atoms with Gasteiger partial charge in [-0.15, -0.1) is 0 Å². The van der Waals surface area contributed by atoms with Crippen molar-refractivity contribution in [3.8, 4) is 5.69 Å². The second-order valence-electron chi connectivity index (χ2n) is 7.55. The molecule has 1 unspecified atom stereocenters. The zero-order valence-corrected chi connectivity index (χ0v) is 17.4. The van der Waals surface area contributed by atoms with Gasteiger partial charge in [0.1, 0.15) is 6.04 Å². The van der Waals surface area contributed by atoms with Gasteiger partial charge in [-0.1, -0.05) is 30.3 Å². The normalized spacial score (nSPS) is 15.9. The highest BCUT2D eigenvalue weighted by Gasteiger charge is 2.37. The number of nitrogens with zero attached hydrogens (tertiary/aromatic N) is 3. The largest absolute Gasteiger partial charge is 0.467 e. The van der Waals surface area contributed by atoms with Crippen molar-refractivity contribution in [1.82, 2.24) is 14.7 Å². The van der Waals surface area contributed by atoms with E-state index in [9.17, 15) is 22.8 Å². The third-order valence-electron chi connectivity index (χ3n) is 5.64. The Kier molecular flexibility index (Phi) is 5.50. The molecule has 4 rings (SSSR count). The molecule has 3 aromatic rings. The minimum Gasteiger partial charge on any atom is -0.467 e. The monoisotopic (exact) mass is 443 g/mol.